The molecule has 0 heterocycles. The molecule has 4 heteroatoms. The molecular formula is C54H54Cl2Hf2. The summed E-state index contributed by atoms with van der Waals surface area (Å²) in [6.45, 7) is 0. The molecule has 0 saturated carbocycles. The summed E-state index contributed by atoms with van der Waals surface area (Å²) in [6, 6.07) is 55.8. The fourth-order valence-electron chi connectivity index (χ4n) is 6.66. The predicted octanol–water partition coefficient (Wildman–Crippen LogP) is 13.6. The van der Waals surface area contributed by atoms with Crippen LogP contribution in [-0.4, -0.2) is 6.51 Å². The Labute approximate surface area is 390 Å². The molecule has 0 bridgehead atoms. The van der Waals surface area contributed by atoms with Crippen molar-refractivity contribution in [1.82, 2.24) is 0 Å². The maximum atomic E-state index is 2.99. The Morgan fingerprint density at radius 2 is 0.724 bits per heavy atom. The Hall–Kier alpha value is -3.40. The van der Waals surface area contributed by atoms with Gasteiger partial charge in [0.1, 0.15) is 0 Å². The zero-order valence-corrected chi connectivity index (χ0v) is 42.2. The van der Waals surface area contributed by atoms with Crippen molar-refractivity contribution >= 4 is 31.3 Å². The molecule has 0 amide bonds. The molecule has 0 aliphatic heterocycles. The van der Waals surface area contributed by atoms with Gasteiger partial charge in [-0.2, -0.15) is 58.7 Å². The van der Waals surface area contributed by atoms with Crippen LogP contribution in [0.5, 0.6) is 0 Å². The Bertz CT molecular complexity index is 1820. The van der Waals surface area contributed by atoms with Crippen LogP contribution in [0.25, 0.3) is 0 Å². The van der Waals surface area contributed by atoms with Crippen molar-refractivity contribution in [2.45, 2.75) is 64.2 Å². The summed E-state index contributed by atoms with van der Waals surface area (Å²) < 4.78 is 2.93. The van der Waals surface area contributed by atoms with Crippen molar-refractivity contribution in [1.29, 1.82) is 0 Å². The first kappa shape index (κ1) is 49.0. The number of allylic oxidation sites excluding steroid dienone is 8. The van der Waals surface area contributed by atoms with E-state index in [1.807, 2.05) is 24.3 Å². The minimum absolute atomic E-state index is 0. The van der Waals surface area contributed by atoms with E-state index in [0.29, 0.717) is 0 Å². The fraction of sp³-hybridized carbons (Fsp3) is 0.185. The Kier molecular flexibility index (Phi) is 25.1. The van der Waals surface area contributed by atoms with Crippen LogP contribution < -0.4 is 0 Å². The first-order valence-electron chi connectivity index (χ1n) is 20.0. The third kappa shape index (κ3) is 17.8. The molecule has 4 aliphatic rings. The van der Waals surface area contributed by atoms with Crippen LogP contribution in [0.3, 0.4) is 0 Å². The van der Waals surface area contributed by atoms with Gasteiger partial charge in [-0.25, -0.2) is 36.4 Å². The van der Waals surface area contributed by atoms with E-state index in [4.69, 9.17) is 0 Å². The smallest absolute Gasteiger partial charge is 0.0512 e. The summed E-state index contributed by atoms with van der Waals surface area (Å²) in [7, 11) is 0. The Morgan fingerprint density at radius 3 is 0.966 bits per heavy atom. The molecule has 0 radical (unpaired) electrons. The SMILES string of the molecule is Cl.Cl.[C-]1=CC=CC1.[C-]1=CC=CC1.[Hf+2]=[C](c1ccccc1)c1ccccc1.[Hf+2]=[C](c1ccccc1)c1ccccc1.c1cc2c([cH-]1)CCCC2.c1cc2c([cH-]1)CCCC2. The van der Waals surface area contributed by atoms with Gasteiger partial charge in [-0.05, 0) is 0 Å². The Balaban J connectivity index is 0.000000192. The molecule has 58 heavy (non-hydrogen) atoms. The first-order chi connectivity index (χ1) is 27.7. The second kappa shape index (κ2) is 29.8. The predicted molar refractivity (Wildman–Crippen MR) is 247 cm³/mol. The van der Waals surface area contributed by atoms with E-state index in [2.05, 4.69) is 182 Å². The molecule has 0 aromatic heterocycles. The minimum atomic E-state index is 0. The van der Waals surface area contributed by atoms with Crippen molar-refractivity contribution in [2.24, 2.45) is 0 Å². The minimum Gasteiger partial charge on any atom is -0.210 e. The third-order valence-electron chi connectivity index (χ3n) is 9.72. The summed E-state index contributed by atoms with van der Waals surface area (Å²) in [5.41, 5.74) is 11.8. The maximum Gasteiger partial charge on any atom is -0.0512 e. The second-order valence-electron chi connectivity index (χ2n) is 13.8. The van der Waals surface area contributed by atoms with Crippen molar-refractivity contribution < 1.29 is 47.8 Å². The van der Waals surface area contributed by atoms with Crippen LogP contribution in [-0.2, 0) is 73.5 Å². The van der Waals surface area contributed by atoms with Gasteiger partial charge >= 0.3 is 198 Å². The average molecular weight is 1130 g/mol. The van der Waals surface area contributed by atoms with Crippen molar-refractivity contribution in [3.05, 3.63) is 251 Å². The van der Waals surface area contributed by atoms with Crippen LogP contribution in [0.2, 0.25) is 0 Å². The van der Waals surface area contributed by atoms with Gasteiger partial charge in [0.2, 0.25) is 0 Å². The van der Waals surface area contributed by atoms with Gasteiger partial charge in [0.25, 0.3) is 0 Å². The summed E-state index contributed by atoms with van der Waals surface area (Å²) >= 11 is 2.16. The molecule has 0 nitrogen and oxygen atoms in total. The van der Waals surface area contributed by atoms with E-state index in [1.54, 1.807) is 22.3 Å². The molecule has 0 spiro atoms. The topological polar surface area (TPSA) is 0 Å². The van der Waals surface area contributed by atoms with E-state index in [0.717, 1.165) is 60.6 Å². The molecule has 0 unspecified atom stereocenters. The fourth-order valence-corrected chi connectivity index (χ4v) is 9.05. The van der Waals surface area contributed by atoms with Crippen LogP contribution >= 0.6 is 24.8 Å². The van der Waals surface area contributed by atoms with Crippen molar-refractivity contribution in [3.63, 3.8) is 0 Å². The van der Waals surface area contributed by atoms with Crippen molar-refractivity contribution in [3.8, 4) is 0 Å². The van der Waals surface area contributed by atoms with Crippen molar-refractivity contribution in [2.75, 3.05) is 0 Å². The number of halogens is 2. The molecule has 10 rings (SSSR count). The zero-order valence-electron chi connectivity index (χ0n) is 33.4. The second-order valence-corrected chi connectivity index (χ2v) is 17.4. The largest absolute Gasteiger partial charge is 0.210 e. The average Bonchev–Trinajstić information content (AvgIpc) is 4.15. The first-order valence-corrected chi connectivity index (χ1v) is 23.6. The van der Waals surface area contributed by atoms with E-state index in [1.165, 1.54) is 80.1 Å². The zero-order chi connectivity index (χ0) is 38.9. The quantitative estimate of drug-likeness (QED) is 0.122. The number of hydrogen-bond donors (Lipinski definition) is 0. The van der Waals surface area contributed by atoms with E-state index in [-0.39, 0.29) is 24.8 Å². The van der Waals surface area contributed by atoms with E-state index < -0.39 is 0 Å². The van der Waals surface area contributed by atoms with Crippen LogP contribution in [0.15, 0.2) is 194 Å². The maximum absolute atomic E-state index is 2.99. The van der Waals surface area contributed by atoms with E-state index >= 15 is 0 Å². The number of benzene rings is 4. The van der Waals surface area contributed by atoms with Crippen LogP contribution in [0.1, 0.15) is 83.0 Å². The molecule has 6 aromatic carbocycles. The van der Waals surface area contributed by atoms with E-state index in [9.17, 15) is 0 Å². The van der Waals surface area contributed by atoms with Gasteiger partial charge in [0.15, 0.2) is 0 Å². The number of hydrogen-bond acceptors (Lipinski definition) is 0. The molecule has 0 atom stereocenters. The summed E-state index contributed by atoms with van der Waals surface area (Å²) in [4.78, 5) is 0. The number of rotatable bonds is 4. The number of fused-ring (bicyclic) bond motifs is 2. The van der Waals surface area contributed by atoms with Gasteiger partial charge < -0.3 is 0 Å². The molecule has 0 N–H and O–H groups in total. The summed E-state index contributed by atoms with van der Waals surface area (Å²) in [6.07, 6.45) is 30.9. The molecule has 292 valence electrons. The van der Waals surface area contributed by atoms with Gasteiger partial charge in [0, 0.05) is 0 Å². The molecular weight excluding hydrogens is 1080 g/mol. The summed E-state index contributed by atoms with van der Waals surface area (Å²) in [5.74, 6) is 0. The number of aryl methyl sites for hydroxylation is 4. The molecule has 6 aromatic rings. The van der Waals surface area contributed by atoms with Gasteiger partial charge in [-0.1, -0.05) is 51.4 Å². The third-order valence-corrected chi connectivity index (χ3v) is 13.9. The van der Waals surface area contributed by atoms with Crippen LogP contribution in [0.4, 0.5) is 0 Å². The summed E-state index contributed by atoms with van der Waals surface area (Å²) in [5, 5.41) is 0. The standard InChI is InChI=1S/2C13H10.2C9H11.2C5H5.2ClH.2Hf/c2*1-3-7-12(8-4-1)11-13-9-5-2-6-10-13;2*1-2-5-9-7-3-6-8(9)4-1;2*1-2-4-5-3-1;;;;/h2*1-10H;2*3,6-7H,1-2,4-5H2;2*1-3H,4H2;2*1H;;/q;;4*-1;;;2*+2. The van der Waals surface area contributed by atoms with Gasteiger partial charge in [-0.15, -0.1) is 37.7 Å². The molecule has 0 saturated heterocycles. The van der Waals surface area contributed by atoms with Gasteiger partial charge in [0.05, 0.1) is 0 Å². The normalized spacial score (nSPS) is 13.2. The van der Waals surface area contributed by atoms with Gasteiger partial charge in [-0.3, -0.25) is 12.2 Å². The molecule has 0 fully saturated rings. The van der Waals surface area contributed by atoms with Crippen LogP contribution in [0, 0.1) is 12.2 Å². The Morgan fingerprint density at radius 1 is 0.414 bits per heavy atom. The molecule has 4 aliphatic carbocycles. The monoisotopic (exact) mass is 1130 g/mol.